The summed E-state index contributed by atoms with van der Waals surface area (Å²) < 4.78 is 5.10. The maximum Gasteiger partial charge on any atom is 0.224 e. The highest BCUT2D eigenvalue weighted by atomic mass is 32.2. The number of phenolic OH excluding ortho intramolecular Hbond substituents is 1. The number of methoxy groups -OCH3 is 1. The second-order valence-electron chi connectivity index (χ2n) is 3.39. The molecule has 0 unspecified atom stereocenters. The lowest BCUT2D eigenvalue weighted by Gasteiger charge is -2.07. The number of anilines is 1. The van der Waals surface area contributed by atoms with E-state index < -0.39 is 0 Å². The van der Waals surface area contributed by atoms with Crippen LogP contribution in [-0.4, -0.2) is 33.4 Å². The highest BCUT2D eigenvalue weighted by molar-refractivity contribution is 7.98. The lowest BCUT2D eigenvalue weighted by Crippen LogP contribution is -2.01. The van der Waals surface area contributed by atoms with Gasteiger partial charge in [-0.2, -0.15) is 9.97 Å². The van der Waals surface area contributed by atoms with Gasteiger partial charge in [-0.15, -0.1) is 0 Å². The molecule has 1 aromatic carbocycles. The van der Waals surface area contributed by atoms with E-state index in [2.05, 4.69) is 15.0 Å². The second kappa shape index (κ2) is 5.09. The summed E-state index contributed by atoms with van der Waals surface area (Å²) in [6.07, 6.45) is 1.84. The zero-order valence-corrected chi connectivity index (χ0v) is 10.7. The number of nitrogen functional groups attached to an aromatic ring is 1. The molecule has 7 heteroatoms. The van der Waals surface area contributed by atoms with Crippen LogP contribution in [0, 0.1) is 0 Å². The first-order valence-electron chi connectivity index (χ1n) is 5.07. The number of aromatic nitrogens is 3. The predicted molar refractivity (Wildman–Crippen MR) is 69.7 cm³/mol. The van der Waals surface area contributed by atoms with Gasteiger partial charge in [0.15, 0.2) is 11.0 Å². The first-order chi connectivity index (χ1) is 8.63. The summed E-state index contributed by atoms with van der Waals surface area (Å²) in [5.74, 6) is 1.11. The number of ether oxygens (including phenoxy) is 1. The number of nitrogens with zero attached hydrogens (tertiary/aromatic N) is 3. The van der Waals surface area contributed by atoms with Crippen molar-refractivity contribution in [2.45, 2.75) is 5.16 Å². The lowest BCUT2D eigenvalue weighted by atomic mass is 10.2. The maximum atomic E-state index is 9.83. The third-order valence-corrected chi connectivity index (χ3v) is 2.81. The molecule has 94 valence electrons. The fourth-order valence-electron chi connectivity index (χ4n) is 1.41. The average molecular weight is 264 g/mol. The van der Waals surface area contributed by atoms with Crippen molar-refractivity contribution in [3.05, 3.63) is 18.2 Å². The summed E-state index contributed by atoms with van der Waals surface area (Å²) in [4.78, 5) is 12.2. The van der Waals surface area contributed by atoms with E-state index in [1.807, 2.05) is 6.26 Å². The molecule has 0 radical (unpaired) electrons. The Morgan fingerprint density at radius 1 is 1.28 bits per heavy atom. The minimum absolute atomic E-state index is 0.0634. The molecular formula is C11H12N4O2S. The van der Waals surface area contributed by atoms with E-state index in [1.165, 1.54) is 17.8 Å². The number of phenols is 1. The first kappa shape index (κ1) is 12.4. The van der Waals surface area contributed by atoms with Gasteiger partial charge in [0, 0.05) is 0 Å². The van der Waals surface area contributed by atoms with Crippen LogP contribution in [0.4, 0.5) is 5.95 Å². The van der Waals surface area contributed by atoms with Crippen molar-refractivity contribution in [2.75, 3.05) is 19.1 Å². The summed E-state index contributed by atoms with van der Waals surface area (Å²) >= 11 is 1.35. The molecular weight excluding hydrogens is 252 g/mol. The number of rotatable bonds is 3. The predicted octanol–water partition coefficient (Wildman–Crippen LogP) is 1.56. The van der Waals surface area contributed by atoms with Crippen LogP contribution in [0.2, 0.25) is 0 Å². The molecule has 0 fully saturated rings. The highest BCUT2D eigenvalue weighted by Crippen LogP contribution is 2.31. The smallest absolute Gasteiger partial charge is 0.224 e. The van der Waals surface area contributed by atoms with Crippen LogP contribution >= 0.6 is 11.8 Å². The number of hydrogen-bond acceptors (Lipinski definition) is 7. The van der Waals surface area contributed by atoms with Crippen LogP contribution in [0.3, 0.4) is 0 Å². The molecule has 0 saturated carbocycles. The molecule has 0 bridgehead atoms. The Hall–Kier alpha value is -2.02. The zero-order valence-electron chi connectivity index (χ0n) is 9.91. The maximum absolute atomic E-state index is 9.83. The highest BCUT2D eigenvalue weighted by Gasteiger charge is 2.11. The molecule has 2 rings (SSSR count). The van der Waals surface area contributed by atoms with Gasteiger partial charge in [0.05, 0.1) is 12.7 Å². The van der Waals surface area contributed by atoms with Gasteiger partial charge < -0.3 is 15.6 Å². The topological polar surface area (TPSA) is 94.2 Å². The first-order valence-corrected chi connectivity index (χ1v) is 6.29. The molecule has 0 atom stereocenters. The lowest BCUT2D eigenvalue weighted by molar-refractivity contribution is 0.412. The van der Waals surface area contributed by atoms with Crippen LogP contribution in [0.25, 0.3) is 11.4 Å². The van der Waals surface area contributed by atoms with Crippen LogP contribution < -0.4 is 10.5 Å². The van der Waals surface area contributed by atoms with Gasteiger partial charge in [-0.1, -0.05) is 11.8 Å². The molecule has 18 heavy (non-hydrogen) atoms. The van der Waals surface area contributed by atoms with Gasteiger partial charge in [-0.05, 0) is 24.5 Å². The Labute approximate surface area is 108 Å². The van der Waals surface area contributed by atoms with Crippen molar-refractivity contribution in [2.24, 2.45) is 0 Å². The van der Waals surface area contributed by atoms with Crippen molar-refractivity contribution in [1.82, 2.24) is 15.0 Å². The van der Waals surface area contributed by atoms with E-state index in [-0.39, 0.29) is 11.7 Å². The molecule has 3 N–H and O–H groups in total. The zero-order chi connectivity index (χ0) is 13.1. The quantitative estimate of drug-likeness (QED) is 0.812. The third-order valence-electron chi connectivity index (χ3n) is 2.26. The molecule has 1 heterocycles. The van der Waals surface area contributed by atoms with Crippen molar-refractivity contribution < 1.29 is 9.84 Å². The Morgan fingerprint density at radius 3 is 2.72 bits per heavy atom. The van der Waals surface area contributed by atoms with Crippen molar-refractivity contribution in [1.29, 1.82) is 0 Å². The van der Waals surface area contributed by atoms with Crippen LogP contribution in [-0.2, 0) is 0 Å². The Kier molecular flexibility index (Phi) is 3.52. The number of hydrogen-bond donors (Lipinski definition) is 2. The normalized spacial score (nSPS) is 10.3. The SMILES string of the molecule is COc1ccc(O)c(-c2nc(N)nc(SC)n2)c1. The van der Waals surface area contributed by atoms with E-state index >= 15 is 0 Å². The Balaban J connectivity index is 2.56. The summed E-state index contributed by atoms with van der Waals surface area (Å²) in [6.45, 7) is 0. The minimum atomic E-state index is 0.0634. The van der Waals surface area contributed by atoms with E-state index in [1.54, 1.807) is 19.2 Å². The summed E-state index contributed by atoms with van der Waals surface area (Å²) in [5.41, 5.74) is 6.06. The summed E-state index contributed by atoms with van der Waals surface area (Å²) in [7, 11) is 1.55. The van der Waals surface area contributed by atoms with Gasteiger partial charge in [0.2, 0.25) is 5.95 Å². The van der Waals surface area contributed by atoms with Gasteiger partial charge in [0.25, 0.3) is 0 Å². The fraction of sp³-hybridized carbons (Fsp3) is 0.182. The minimum Gasteiger partial charge on any atom is -0.507 e. The van der Waals surface area contributed by atoms with Gasteiger partial charge in [-0.3, -0.25) is 0 Å². The monoisotopic (exact) mass is 264 g/mol. The van der Waals surface area contributed by atoms with E-state index in [4.69, 9.17) is 10.5 Å². The van der Waals surface area contributed by atoms with E-state index in [0.29, 0.717) is 22.3 Å². The van der Waals surface area contributed by atoms with Crippen LogP contribution in [0.1, 0.15) is 0 Å². The van der Waals surface area contributed by atoms with Crippen LogP contribution in [0.5, 0.6) is 11.5 Å². The average Bonchev–Trinajstić information content (AvgIpc) is 2.38. The number of aromatic hydroxyl groups is 1. The Bertz CT molecular complexity index is 577. The largest absolute Gasteiger partial charge is 0.507 e. The third kappa shape index (κ3) is 2.45. The molecule has 0 aliphatic rings. The van der Waals surface area contributed by atoms with Crippen LogP contribution in [0.15, 0.2) is 23.4 Å². The molecule has 0 aliphatic carbocycles. The van der Waals surface area contributed by atoms with E-state index in [9.17, 15) is 5.11 Å². The van der Waals surface area contributed by atoms with Gasteiger partial charge >= 0.3 is 0 Å². The van der Waals surface area contributed by atoms with Crippen molar-refractivity contribution in [3.8, 4) is 22.9 Å². The molecule has 0 amide bonds. The summed E-state index contributed by atoms with van der Waals surface area (Å²) in [5, 5.41) is 10.3. The molecule has 2 aromatic rings. The fourth-order valence-corrected chi connectivity index (χ4v) is 1.77. The molecule has 0 saturated heterocycles. The van der Waals surface area contributed by atoms with Gasteiger partial charge in [0.1, 0.15) is 11.5 Å². The molecule has 0 spiro atoms. The number of nitrogens with two attached hydrogens (primary N) is 1. The second-order valence-corrected chi connectivity index (χ2v) is 4.16. The van der Waals surface area contributed by atoms with Crippen molar-refractivity contribution in [3.63, 3.8) is 0 Å². The molecule has 6 nitrogen and oxygen atoms in total. The van der Waals surface area contributed by atoms with E-state index in [0.717, 1.165) is 0 Å². The Morgan fingerprint density at radius 2 is 2.06 bits per heavy atom. The molecule has 0 aliphatic heterocycles. The number of benzene rings is 1. The number of thioether (sulfide) groups is 1. The van der Waals surface area contributed by atoms with Crippen molar-refractivity contribution >= 4 is 17.7 Å². The molecule has 1 aromatic heterocycles. The summed E-state index contributed by atoms with van der Waals surface area (Å²) in [6, 6.07) is 4.82. The standard InChI is InChI=1S/C11H12N4O2S/c1-17-6-3-4-8(16)7(5-6)9-13-10(12)15-11(14-9)18-2/h3-5,16H,1-2H3,(H2,12,13,14,15). The van der Waals surface area contributed by atoms with Gasteiger partial charge in [-0.25, -0.2) is 4.98 Å².